The van der Waals surface area contributed by atoms with E-state index in [0.29, 0.717) is 32.1 Å². The fraction of sp³-hybridized carbons (Fsp3) is 0.911. The maximum atomic E-state index is 14.9. The Morgan fingerprint density at radius 3 is 1.04 bits per heavy atom. The summed E-state index contributed by atoms with van der Waals surface area (Å²) in [5.74, 6) is -2.98. The molecular formula is C90H165O25P. The maximum Gasteiger partial charge on any atom is 0.472 e. The van der Waals surface area contributed by atoms with Gasteiger partial charge in [-0.25, -0.2) is 4.57 Å². The van der Waals surface area contributed by atoms with Gasteiger partial charge in [-0.3, -0.25) is 28.2 Å². The smallest absolute Gasteiger partial charge is 0.463 e. The maximum absolute atomic E-state index is 14.9. The molecule has 680 valence electrons. The van der Waals surface area contributed by atoms with Crippen molar-refractivity contribution < 1.29 is 122 Å². The molecule has 0 radical (unpaired) electrons. The van der Waals surface area contributed by atoms with Crippen LogP contribution < -0.4 is 0 Å². The lowest BCUT2D eigenvalue weighted by Gasteiger charge is -2.50. The summed E-state index contributed by atoms with van der Waals surface area (Å²) in [4.78, 5) is 66.4. The molecule has 0 aromatic carbocycles. The highest BCUT2D eigenvalue weighted by Crippen LogP contribution is 2.49. The molecule has 0 aromatic heterocycles. The van der Waals surface area contributed by atoms with Gasteiger partial charge >= 0.3 is 31.7 Å². The van der Waals surface area contributed by atoms with E-state index in [1.54, 1.807) is 0 Å². The second-order valence-electron chi connectivity index (χ2n) is 33.2. The van der Waals surface area contributed by atoms with Gasteiger partial charge < -0.3 is 88.7 Å². The van der Waals surface area contributed by atoms with Gasteiger partial charge in [0, 0.05) is 25.7 Å². The van der Waals surface area contributed by atoms with E-state index in [1.807, 2.05) is 0 Å². The van der Waals surface area contributed by atoms with Crippen LogP contribution in [0.4, 0.5) is 0 Å². The number of hydrogen-bond donors (Lipinski definition) is 10. The minimum atomic E-state index is -5.81. The Morgan fingerprint density at radius 1 is 0.336 bits per heavy atom. The summed E-state index contributed by atoms with van der Waals surface area (Å²) in [7, 11) is -5.81. The number of unbranched alkanes of at least 4 members (excludes halogenated alkanes) is 47. The zero-order chi connectivity index (χ0) is 84.7. The van der Waals surface area contributed by atoms with Crippen LogP contribution in [0.1, 0.15) is 394 Å². The number of phosphoric ester groups is 1. The Balaban J connectivity index is 1.92. The van der Waals surface area contributed by atoms with Gasteiger partial charge in [0.15, 0.2) is 24.8 Å². The number of aliphatic hydroxyl groups is 9. The van der Waals surface area contributed by atoms with E-state index in [1.165, 1.54) is 167 Å². The Kier molecular flexibility index (Phi) is 64.1. The second-order valence-corrected chi connectivity index (χ2v) is 34.6. The third-order valence-corrected chi connectivity index (χ3v) is 23.7. The minimum Gasteiger partial charge on any atom is -0.463 e. The van der Waals surface area contributed by atoms with Crippen LogP contribution in [0.2, 0.25) is 0 Å². The van der Waals surface area contributed by atoms with Crippen molar-refractivity contribution in [3.05, 3.63) is 24.3 Å². The van der Waals surface area contributed by atoms with Crippen LogP contribution in [0.3, 0.4) is 0 Å². The van der Waals surface area contributed by atoms with Crippen molar-refractivity contribution in [2.75, 3.05) is 26.4 Å². The van der Waals surface area contributed by atoms with Gasteiger partial charge in [-0.15, -0.1) is 0 Å². The summed E-state index contributed by atoms with van der Waals surface area (Å²) in [5.41, 5.74) is 0. The van der Waals surface area contributed by atoms with Crippen molar-refractivity contribution >= 4 is 31.7 Å². The quantitative estimate of drug-likeness (QED) is 0.00889. The molecule has 116 heavy (non-hydrogen) atoms. The van der Waals surface area contributed by atoms with E-state index in [-0.39, 0.29) is 25.7 Å². The standard InChI is InChI=1S/C90H165O25P/c1-5-9-13-17-21-25-29-33-35-37-40-43-47-51-55-59-63-74(93)107-69-72-78(97)80(99)84(103)90(111-72)114-87-85(112-76(95)65-61-57-53-49-45-41-36-34-30-26-22-18-14-10-6-2)81(100)82(101)86(113-89-83(102)79(98)77(96)71(66-91)110-89)88(87)115-116(104,105)108-68-70(109-75(94)64-60-56-52-48-44-39-32-28-24-20-16-12-8-4)67-106-73(92)62-58-54-50-46-42-38-31-27-23-19-15-11-7-3/h26,30,38,42,70-72,77-91,96-103H,5-25,27-29,31-37,39-41,43-69H2,1-4H3,(H,104,105)/b30-26-,42-38-. The Bertz CT molecular complexity index is 2510. The lowest BCUT2D eigenvalue weighted by atomic mass is 9.84. The van der Waals surface area contributed by atoms with Gasteiger partial charge in [0.25, 0.3) is 0 Å². The Morgan fingerprint density at radius 2 is 0.647 bits per heavy atom. The topological polar surface area (TPSA) is 380 Å². The van der Waals surface area contributed by atoms with Crippen molar-refractivity contribution in [3.63, 3.8) is 0 Å². The van der Waals surface area contributed by atoms with Crippen LogP contribution >= 0.6 is 7.82 Å². The third kappa shape index (κ3) is 49.3. The number of phosphoric acid groups is 1. The van der Waals surface area contributed by atoms with Crippen molar-refractivity contribution in [2.24, 2.45) is 0 Å². The molecule has 10 N–H and O–H groups in total. The zero-order valence-corrected chi connectivity index (χ0v) is 73.2. The Labute approximate surface area is 698 Å². The number of rotatable bonds is 75. The normalized spacial score (nSPS) is 25.2. The minimum absolute atomic E-state index is 0.0150. The molecule has 3 fully saturated rings. The summed E-state index contributed by atoms with van der Waals surface area (Å²) < 4.78 is 73.3. The molecule has 3 rings (SSSR count). The zero-order valence-electron chi connectivity index (χ0n) is 72.3. The summed E-state index contributed by atoms with van der Waals surface area (Å²) in [6, 6.07) is 0. The summed E-state index contributed by atoms with van der Waals surface area (Å²) in [6.45, 7) is 5.56. The molecule has 1 saturated carbocycles. The molecule has 26 heteroatoms. The van der Waals surface area contributed by atoms with Crippen LogP contribution in [-0.2, 0) is 70.7 Å². The molecule has 25 nitrogen and oxygen atoms in total. The third-order valence-electron chi connectivity index (χ3n) is 22.7. The summed E-state index contributed by atoms with van der Waals surface area (Å²) in [6.07, 6.45) is 28.9. The molecule has 2 saturated heterocycles. The molecule has 18 unspecified atom stereocenters. The van der Waals surface area contributed by atoms with Gasteiger partial charge in [-0.2, -0.15) is 0 Å². The van der Waals surface area contributed by atoms with E-state index >= 15 is 0 Å². The first kappa shape index (κ1) is 107. The molecule has 1 aliphatic carbocycles. The Hall–Kier alpha value is -3.05. The van der Waals surface area contributed by atoms with E-state index in [2.05, 4.69) is 52.0 Å². The van der Waals surface area contributed by atoms with E-state index in [4.69, 9.17) is 46.9 Å². The van der Waals surface area contributed by atoms with Gasteiger partial charge in [0.05, 0.1) is 13.2 Å². The lowest BCUT2D eigenvalue weighted by molar-refractivity contribution is -0.360. The molecule has 2 heterocycles. The van der Waals surface area contributed by atoms with E-state index < -0.39 is 162 Å². The van der Waals surface area contributed by atoms with Crippen molar-refractivity contribution in [1.82, 2.24) is 0 Å². The van der Waals surface area contributed by atoms with Gasteiger partial charge in [-0.1, -0.05) is 315 Å². The molecule has 3 aliphatic rings. The van der Waals surface area contributed by atoms with Crippen LogP contribution in [0.15, 0.2) is 24.3 Å². The van der Waals surface area contributed by atoms with Crippen LogP contribution in [0, 0.1) is 0 Å². The predicted molar refractivity (Wildman–Crippen MR) is 449 cm³/mol. The number of carbonyl (C=O) groups excluding carboxylic acids is 4. The van der Waals surface area contributed by atoms with Crippen LogP contribution in [0.5, 0.6) is 0 Å². The largest absolute Gasteiger partial charge is 0.472 e. The molecular weight excluding hydrogens is 1510 g/mol. The average molecular weight is 1680 g/mol. The summed E-state index contributed by atoms with van der Waals surface area (Å²) >= 11 is 0. The van der Waals surface area contributed by atoms with Crippen molar-refractivity contribution in [1.29, 1.82) is 0 Å². The number of esters is 4. The first-order chi connectivity index (χ1) is 56.2. The first-order valence-corrected chi connectivity index (χ1v) is 48.1. The van der Waals surface area contributed by atoms with Crippen molar-refractivity contribution in [2.45, 2.75) is 498 Å². The first-order valence-electron chi connectivity index (χ1n) is 46.6. The molecule has 0 aromatic rings. The van der Waals surface area contributed by atoms with E-state index in [0.717, 1.165) is 141 Å². The highest BCUT2D eigenvalue weighted by Gasteiger charge is 2.60. The molecule has 2 aliphatic heterocycles. The summed E-state index contributed by atoms with van der Waals surface area (Å²) in [5, 5.41) is 102. The van der Waals surface area contributed by atoms with E-state index in [9.17, 15) is 74.6 Å². The van der Waals surface area contributed by atoms with Gasteiger partial charge in [-0.05, 0) is 77.0 Å². The molecule has 18 atom stereocenters. The molecule has 0 spiro atoms. The highest BCUT2D eigenvalue weighted by atomic mass is 31.2. The van der Waals surface area contributed by atoms with Crippen LogP contribution in [0.25, 0.3) is 0 Å². The number of hydrogen-bond acceptors (Lipinski definition) is 24. The highest BCUT2D eigenvalue weighted by molar-refractivity contribution is 7.47. The lowest BCUT2D eigenvalue weighted by Crippen LogP contribution is -2.70. The SMILES string of the molecule is CCCCCC/C=C\CCCCCCCCCC(=O)OC1C(O)C(O)C(OC2OC(CO)C(O)C(O)C2O)C(OP(=O)(O)OCC(COC(=O)CCCCC/C=C\CCCCCCCC)OC(=O)CCCCCCCCCCCCCCC)C1OC1OC(COC(=O)CCCCCCCCCCCCCCCCCC)C(O)C(O)C1O. The van der Waals surface area contributed by atoms with Crippen LogP contribution in [-0.4, -0.2) is 205 Å². The second kappa shape index (κ2) is 69.4. The van der Waals surface area contributed by atoms with Gasteiger partial charge in [0.2, 0.25) is 0 Å². The predicted octanol–water partition coefficient (Wildman–Crippen LogP) is 16.9. The molecule has 0 bridgehead atoms. The van der Waals surface area contributed by atoms with Gasteiger partial charge in [0.1, 0.15) is 92.6 Å². The monoisotopic (exact) mass is 1680 g/mol. The number of aliphatic hydroxyl groups excluding tert-OH is 9. The number of allylic oxidation sites excluding steroid dienone is 4. The number of ether oxygens (including phenoxy) is 8. The fourth-order valence-electron chi connectivity index (χ4n) is 15.2. The van der Waals surface area contributed by atoms with Crippen molar-refractivity contribution in [3.8, 4) is 0 Å². The average Bonchev–Trinajstić information content (AvgIpc) is 0.754. The fourth-order valence-corrected chi connectivity index (χ4v) is 16.2. The molecule has 0 amide bonds. The number of carbonyl (C=O) groups is 4.